The fraction of sp³-hybridized carbons (Fsp3) is 0.450. The van der Waals surface area contributed by atoms with Gasteiger partial charge in [-0.1, -0.05) is 18.2 Å². The largest absolute Gasteiger partial charge is 0.444 e. The van der Waals surface area contributed by atoms with Gasteiger partial charge in [-0.05, 0) is 69.7 Å². The zero-order chi connectivity index (χ0) is 17.2. The van der Waals surface area contributed by atoms with E-state index in [4.69, 9.17) is 4.74 Å². The molecule has 1 heterocycles. The molecule has 3 rings (SSSR count). The fourth-order valence-corrected chi connectivity index (χ4v) is 3.18. The summed E-state index contributed by atoms with van der Waals surface area (Å²) in [6.45, 7) is 6.03. The summed E-state index contributed by atoms with van der Waals surface area (Å²) in [5, 5.41) is 4.08. The Morgan fingerprint density at radius 3 is 2.88 bits per heavy atom. The van der Waals surface area contributed by atoms with Gasteiger partial charge in [0.2, 0.25) is 0 Å². The van der Waals surface area contributed by atoms with E-state index in [1.807, 2.05) is 32.9 Å². The first-order chi connectivity index (χ1) is 11.4. The number of carbonyl (C=O) groups excluding carboxylic acids is 1. The lowest BCUT2D eigenvalue weighted by molar-refractivity contribution is 0.0534. The van der Waals surface area contributed by atoms with E-state index in [9.17, 15) is 4.79 Å². The van der Waals surface area contributed by atoms with E-state index in [0.717, 1.165) is 12.0 Å². The van der Waals surface area contributed by atoms with E-state index in [-0.39, 0.29) is 6.09 Å². The molecule has 4 heteroatoms. The van der Waals surface area contributed by atoms with Gasteiger partial charge in [-0.15, -0.1) is 0 Å². The standard InChI is InChI=1S/C20H26N2O2/c1-20(2,3)24-19(23)21-12-6-7-14-10-11-18-16(13-14)15-8-4-5-9-17(15)22-18/h6-7,10-11,13,22H,4-5,8-9,12H2,1-3H3,(H,21,23). The summed E-state index contributed by atoms with van der Waals surface area (Å²) < 4.78 is 5.21. The highest BCUT2D eigenvalue weighted by Gasteiger charge is 2.16. The van der Waals surface area contributed by atoms with E-state index in [2.05, 4.69) is 28.5 Å². The Balaban J connectivity index is 1.64. The van der Waals surface area contributed by atoms with Gasteiger partial charge in [0.1, 0.15) is 5.60 Å². The predicted molar refractivity (Wildman–Crippen MR) is 98.2 cm³/mol. The van der Waals surface area contributed by atoms with Gasteiger partial charge in [0.15, 0.2) is 0 Å². The molecule has 1 aliphatic carbocycles. The summed E-state index contributed by atoms with van der Waals surface area (Å²) in [5.41, 5.74) is 4.81. The minimum Gasteiger partial charge on any atom is -0.444 e. The van der Waals surface area contributed by atoms with E-state index in [1.165, 1.54) is 41.4 Å². The molecule has 2 aromatic rings. The number of hydrogen-bond acceptors (Lipinski definition) is 2. The van der Waals surface area contributed by atoms with Crippen molar-refractivity contribution in [3.05, 3.63) is 41.1 Å². The second-order valence-electron chi connectivity index (χ2n) is 7.38. The Morgan fingerprint density at radius 1 is 1.29 bits per heavy atom. The van der Waals surface area contributed by atoms with E-state index in [0.29, 0.717) is 6.54 Å². The Hall–Kier alpha value is -2.23. The lowest BCUT2D eigenvalue weighted by Gasteiger charge is -2.19. The third kappa shape index (κ3) is 3.99. The van der Waals surface area contributed by atoms with Crippen LogP contribution >= 0.6 is 0 Å². The molecule has 0 spiro atoms. The molecule has 0 atom stereocenters. The zero-order valence-corrected chi connectivity index (χ0v) is 14.7. The number of amides is 1. The van der Waals surface area contributed by atoms with Gasteiger partial charge in [0.25, 0.3) is 0 Å². The first-order valence-electron chi connectivity index (χ1n) is 8.69. The van der Waals surface area contributed by atoms with Crippen molar-refractivity contribution >= 4 is 23.1 Å². The van der Waals surface area contributed by atoms with Gasteiger partial charge in [0, 0.05) is 23.1 Å². The van der Waals surface area contributed by atoms with E-state index < -0.39 is 5.60 Å². The molecule has 1 aliphatic rings. The quantitative estimate of drug-likeness (QED) is 0.867. The predicted octanol–water partition coefficient (Wildman–Crippen LogP) is 4.58. The van der Waals surface area contributed by atoms with Crippen LogP contribution in [-0.2, 0) is 17.6 Å². The van der Waals surface area contributed by atoms with Crippen LogP contribution < -0.4 is 5.32 Å². The summed E-state index contributed by atoms with van der Waals surface area (Å²) in [6.07, 6.45) is 8.49. The molecule has 0 fully saturated rings. The maximum atomic E-state index is 11.6. The number of benzene rings is 1. The van der Waals surface area contributed by atoms with Crippen molar-refractivity contribution in [2.45, 2.75) is 52.1 Å². The van der Waals surface area contributed by atoms with Crippen molar-refractivity contribution in [3.8, 4) is 0 Å². The third-order valence-corrected chi connectivity index (χ3v) is 4.20. The molecular weight excluding hydrogens is 300 g/mol. The normalized spacial score (nSPS) is 14.8. The minimum absolute atomic E-state index is 0.387. The number of nitrogens with one attached hydrogen (secondary N) is 2. The Kier molecular flexibility index (Phi) is 4.65. The van der Waals surface area contributed by atoms with Gasteiger partial charge in [0.05, 0.1) is 0 Å². The number of aromatic nitrogens is 1. The molecule has 24 heavy (non-hydrogen) atoms. The molecule has 0 bridgehead atoms. The van der Waals surface area contributed by atoms with E-state index >= 15 is 0 Å². The summed E-state index contributed by atoms with van der Waals surface area (Å²) in [4.78, 5) is 15.1. The number of H-pyrrole nitrogens is 1. The first kappa shape index (κ1) is 16.6. The lowest BCUT2D eigenvalue weighted by Crippen LogP contribution is -2.32. The van der Waals surface area contributed by atoms with Crippen LogP contribution in [0.5, 0.6) is 0 Å². The van der Waals surface area contributed by atoms with Gasteiger partial charge < -0.3 is 15.0 Å². The molecule has 0 unspecified atom stereocenters. The topological polar surface area (TPSA) is 54.1 Å². The number of aromatic amines is 1. The maximum absolute atomic E-state index is 11.6. The monoisotopic (exact) mass is 326 g/mol. The van der Waals surface area contributed by atoms with Crippen molar-refractivity contribution in [1.82, 2.24) is 10.3 Å². The number of rotatable bonds is 3. The Morgan fingerprint density at radius 2 is 2.08 bits per heavy atom. The van der Waals surface area contributed by atoms with Crippen molar-refractivity contribution in [1.29, 1.82) is 0 Å². The second-order valence-corrected chi connectivity index (χ2v) is 7.38. The molecule has 1 aromatic heterocycles. The Bertz CT molecular complexity index is 766. The van der Waals surface area contributed by atoms with Crippen LogP contribution in [0.25, 0.3) is 17.0 Å². The van der Waals surface area contributed by atoms with Crippen molar-refractivity contribution in [2.24, 2.45) is 0 Å². The summed E-state index contributed by atoms with van der Waals surface area (Å²) in [7, 11) is 0. The Labute approximate surface area is 143 Å². The van der Waals surface area contributed by atoms with Crippen LogP contribution in [0.1, 0.15) is 50.4 Å². The molecule has 0 saturated heterocycles. The highest BCUT2D eigenvalue weighted by atomic mass is 16.6. The molecule has 0 saturated carbocycles. The number of alkyl carbamates (subject to hydrolysis) is 1. The van der Waals surface area contributed by atoms with Crippen LogP contribution in [0.2, 0.25) is 0 Å². The number of fused-ring (bicyclic) bond motifs is 3. The maximum Gasteiger partial charge on any atom is 0.407 e. The SMILES string of the molecule is CC(C)(C)OC(=O)NCC=Cc1ccc2[nH]c3c(c2c1)CCCC3. The summed E-state index contributed by atoms with van der Waals surface area (Å²) >= 11 is 0. The van der Waals surface area contributed by atoms with Gasteiger partial charge in [-0.2, -0.15) is 0 Å². The number of aryl methyl sites for hydroxylation is 2. The minimum atomic E-state index is -0.466. The first-order valence-corrected chi connectivity index (χ1v) is 8.69. The van der Waals surface area contributed by atoms with Gasteiger partial charge in [-0.3, -0.25) is 0 Å². The second kappa shape index (κ2) is 6.71. The van der Waals surface area contributed by atoms with Crippen LogP contribution in [0.3, 0.4) is 0 Å². The smallest absolute Gasteiger partial charge is 0.407 e. The molecule has 1 aromatic carbocycles. The molecular formula is C20H26N2O2. The molecule has 4 nitrogen and oxygen atoms in total. The fourth-order valence-electron chi connectivity index (χ4n) is 3.18. The van der Waals surface area contributed by atoms with Gasteiger partial charge >= 0.3 is 6.09 Å². The molecule has 1 amide bonds. The zero-order valence-electron chi connectivity index (χ0n) is 14.7. The van der Waals surface area contributed by atoms with Crippen LogP contribution in [0, 0.1) is 0 Å². The average molecular weight is 326 g/mol. The van der Waals surface area contributed by atoms with Crippen LogP contribution in [0.4, 0.5) is 4.79 Å². The number of hydrogen-bond donors (Lipinski definition) is 2. The highest BCUT2D eigenvalue weighted by molar-refractivity contribution is 5.87. The molecule has 0 radical (unpaired) electrons. The highest BCUT2D eigenvalue weighted by Crippen LogP contribution is 2.29. The molecule has 0 aliphatic heterocycles. The van der Waals surface area contributed by atoms with Crippen molar-refractivity contribution < 1.29 is 9.53 Å². The van der Waals surface area contributed by atoms with Crippen molar-refractivity contribution in [3.63, 3.8) is 0 Å². The van der Waals surface area contributed by atoms with Crippen LogP contribution in [-0.4, -0.2) is 23.2 Å². The summed E-state index contributed by atoms with van der Waals surface area (Å²) in [5.74, 6) is 0. The average Bonchev–Trinajstić information content (AvgIpc) is 2.88. The third-order valence-electron chi connectivity index (χ3n) is 4.20. The van der Waals surface area contributed by atoms with Gasteiger partial charge in [-0.25, -0.2) is 4.79 Å². The molecule has 2 N–H and O–H groups in total. The van der Waals surface area contributed by atoms with Crippen LogP contribution in [0.15, 0.2) is 24.3 Å². The summed E-state index contributed by atoms with van der Waals surface area (Å²) in [6, 6.07) is 6.49. The van der Waals surface area contributed by atoms with E-state index in [1.54, 1.807) is 0 Å². The van der Waals surface area contributed by atoms with Crippen molar-refractivity contribution in [2.75, 3.05) is 6.54 Å². The number of ether oxygens (including phenoxy) is 1. The molecule has 128 valence electrons. The lowest BCUT2D eigenvalue weighted by atomic mass is 9.95. The number of carbonyl (C=O) groups is 1.